The maximum Gasteiger partial charge on any atom is 0.248 e. The summed E-state index contributed by atoms with van der Waals surface area (Å²) in [6.07, 6.45) is 5.59. The van der Waals surface area contributed by atoms with Gasteiger partial charge in [0.25, 0.3) is 0 Å². The maximum absolute atomic E-state index is 13.9. The van der Waals surface area contributed by atoms with Gasteiger partial charge in [-0.25, -0.2) is 17.2 Å². The topological polar surface area (TPSA) is 83.7 Å². The molecule has 0 saturated carbocycles. The van der Waals surface area contributed by atoms with E-state index in [2.05, 4.69) is 5.16 Å². The summed E-state index contributed by atoms with van der Waals surface area (Å²) in [5.74, 6) is -1.55. The van der Waals surface area contributed by atoms with Gasteiger partial charge < -0.3 is 9.42 Å². The summed E-state index contributed by atoms with van der Waals surface area (Å²) in [6, 6.07) is 3.11. The molecular formula is C22H25F2N3O4S. The molecule has 172 valence electrons. The Morgan fingerprint density at radius 1 is 1.12 bits per heavy atom. The van der Waals surface area contributed by atoms with Crippen molar-refractivity contribution in [3.63, 3.8) is 0 Å². The molecule has 7 nitrogen and oxygen atoms in total. The van der Waals surface area contributed by atoms with Crippen LogP contribution in [0.2, 0.25) is 0 Å². The zero-order valence-corrected chi connectivity index (χ0v) is 18.6. The zero-order valence-electron chi connectivity index (χ0n) is 17.8. The summed E-state index contributed by atoms with van der Waals surface area (Å²) < 4.78 is 60.2. The molecule has 10 heteroatoms. The molecule has 2 aliphatic heterocycles. The van der Waals surface area contributed by atoms with E-state index in [0.29, 0.717) is 12.8 Å². The van der Waals surface area contributed by atoms with Gasteiger partial charge in [-0.05, 0) is 56.9 Å². The molecule has 3 heterocycles. The lowest BCUT2D eigenvalue weighted by atomic mass is 9.97. The SMILES string of the molecule is Cc1noc(C=Cc2ccc(F)cc2F)c1S(=O)(=O)N1CCC(C(=O)N2CCCC2)CC1. The van der Waals surface area contributed by atoms with Crippen LogP contribution in [-0.4, -0.2) is 54.9 Å². The van der Waals surface area contributed by atoms with Gasteiger partial charge in [-0.15, -0.1) is 0 Å². The average molecular weight is 466 g/mol. The molecule has 32 heavy (non-hydrogen) atoms. The second-order valence-electron chi connectivity index (χ2n) is 8.17. The Hall–Kier alpha value is -2.59. The molecular weight excluding hydrogens is 440 g/mol. The summed E-state index contributed by atoms with van der Waals surface area (Å²) in [4.78, 5) is 14.4. The highest BCUT2D eigenvalue weighted by atomic mass is 32.2. The Morgan fingerprint density at radius 3 is 2.47 bits per heavy atom. The number of nitrogens with zero attached hydrogens (tertiary/aromatic N) is 3. The summed E-state index contributed by atoms with van der Waals surface area (Å²) in [6.45, 7) is 3.54. The lowest BCUT2D eigenvalue weighted by Crippen LogP contribution is -2.43. The van der Waals surface area contributed by atoms with Crippen LogP contribution in [0.15, 0.2) is 27.6 Å². The number of carbonyl (C=O) groups excluding carboxylic acids is 1. The highest BCUT2D eigenvalue weighted by Gasteiger charge is 2.37. The quantitative estimate of drug-likeness (QED) is 0.675. The molecule has 1 amide bonds. The van der Waals surface area contributed by atoms with E-state index in [4.69, 9.17) is 4.52 Å². The van der Waals surface area contributed by atoms with Crippen LogP contribution in [0.4, 0.5) is 8.78 Å². The van der Waals surface area contributed by atoms with E-state index < -0.39 is 21.7 Å². The number of halogens is 2. The van der Waals surface area contributed by atoms with Crippen LogP contribution in [0, 0.1) is 24.5 Å². The minimum Gasteiger partial charge on any atom is -0.355 e. The number of rotatable bonds is 5. The van der Waals surface area contributed by atoms with Gasteiger partial charge in [0.2, 0.25) is 15.9 Å². The largest absolute Gasteiger partial charge is 0.355 e. The first-order chi connectivity index (χ1) is 15.3. The van der Waals surface area contributed by atoms with Gasteiger partial charge in [-0.2, -0.15) is 4.31 Å². The summed E-state index contributed by atoms with van der Waals surface area (Å²) >= 11 is 0. The number of aromatic nitrogens is 1. The van der Waals surface area contributed by atoms with E-state index in [-0.39, 0.29) is 46.8 Å². The number of amides is 1. The number of benzene rings is 1. The Bertz CT molecular complexity index is 1130. The Labute approximate surface area is 185 Å². The number of sulfonamides is 1. The first kappa shape index (κ1) is 22.6. The van der Waals surface area contributed by atoms with Crippen molar-refractivity contribution in [2.24, 2.45) is 5.92 Å². The smallest absolute Gasteiger partial charge is 0.248 e. The number of hydrogen-bond acceptors (Lipinski definition) is 5. The maximum atomic E-state index is 13.9. The standard InChI is InChI=1S/C22H25F2N3O4S/c1-15-21(20(31-25-15)7-5-16-4-6-18(23)14-19(16)24)32(29,30)27-12-8-17(9-13-27)22(28)26-10-2-3-11-26/h4-7,14,17H,2-3,8-13H2,1H3. The van der Waals surface area contributed by atoms with Crippen LogP contribution in [0.25, 0.3) is 12.2 Å². The van der Waals surface area contributed by atoms with Crippen molar-refractivity contribution in [1.82, 2.24) is 14.4 Å². The van der Waals surface area contributed by atoms with E-state index in [1.807, 2.05) is 4.90 Å². The van der Waals surface area contributed by atoms with Gasteiger partial charge in [0.15, 0.2) is 10.7 Å². The highest BCUT2D eigenvalue weighted by Crippen LogP contribution is 2.30. The molecule has 0 radical (unpaired) electrons. The van der Waals surface area contributed by atoms with E-state index in [1.165, 1.54) is 29.4 Å². The first-order valence-electron chi connectivity index (χ1n) is 10.7. The molecule has 0 aliphatic carbocycles. The molecule has 4 rings (SSSR count). The fraction of sp³-hybridized carbons (Fsp3) is 0.455. The van der Waals surface area contributed by atoms with Gasteiger partial charge in [-0.3, -0.25) is 4.79 Å². The lowest BCUT2D eigenvalue weighted by Gasteiger charge is -2.32. The second-order valence-corrected chi connectivity index (χ2v) is 10.0. The molecule has 2 aromatic rings. The molecule has 2 aliphatic rings. The average Bonchev–Trinajstić information content (AvgIpc) is 3.43. The van der Waals surface area contributed by atoms with Crippen LogP contribution < -0.4 is 0 Å². The molecule has 0 spiro atoms. The normalized spacial score (nSPS) is 18.7. The van der Waals surface area contributed by atoms with E-state index in [9.17, 15) is 22.0 Å². The molecule has 2 fully saturated rings. The predicted molar refractivity (Wildman–Crippen MR) is 114 cm³/mol. The predicted octanol–water partition coefficient (Wildman–Crippen LogP) is 3.45. The third-order valence-electron chi connectivity index (χ3n) is 6.03. The third kappa shape index (κ3) is 4.47. The third-order valence-corrected chi connectivity index (χ3v) is 8.09. The minimum absolute atomic E-state index is 0.0264. The fourth-order valence-electron chi connectivity index (χ4n) is 4.27. The van der Waals surface area contributed by atoms with Gasteiger partial charge in [0.1, 0.15) is 17.3 Å². The van der Waals surface area contributed by atoms with Crippen LogP contribution in [0.5, 0.6) is 0 Å². The molecule has 0 atom stereocenters. The number of carbonyl (C=O) groups is 1. The number of hydrogen-bond donors (Lipinski definition) is 0. The summed E-state index contributed by atoms with van der Waals surface area (Å²) in [5, 5.41) is 3.78. The van der Waals surface area contributed by atoms with Crippen molar-refractivity contribution in [3.05, 3.63) is 46.9 Å². The zero-order chi connectivity index (χ0) is 22.9. The molecule has 2 saturated heterocycles. The van der Waals surface area contributed by atoms with Crippen LogP contribution in [0.1, 0.15) is 42.7 Å². The van der Waals surface area contributed by atoms with Gasteiger partial charge in [-0.1, -0.05) is 5.16 Å². The van der Waals surface area contributed by atoms with Gasteiger partial charge >= 0.3 is 0 Å². The van der Waals surface area contributed by atoms with Crippen molar-refractivity contribution < 1.29 is 26.5 Å². The van der Waals surface area contributed by atoms with Crippen LogP contribution >= 0.6 is 0 Å². The van der Waals surface area contributed by atoms with Gasteiger partial charge in [0.05, 0.1) is 0 Å². The fourth-order valence-corrected chi connectivity index (χ4v) is 5.99. The number of likely N-dealkylation sites (tertiary alicyclic amines) is 1. The van der Waals surface area contributed by atoms with E-state index >= 15 is 0 Å². The molecule has 0 N–H and O–H groups in total. The Morgan fingerprint density at radius 2 is 1.81 bits per heavy atom. The minimum atomic E-state index is -3.92. The summed E-state index contributed by atoms with van der Waals surface area (Å²) in [5.41, 5.74) is 0.282. The Balaban J connectivity index is 1.50. The van der Waals surface area contributed by atoms with Crippen molar-refractivity contribution in [2.45, 2.75) is 37.5 Å². The second kappa shape index (κ2) is 9.11. The lowest BCUT2D eigenvalue weighted by molar-refractivity contribution is -0.135. The van der Waals surface area contributed by atoms with Gasteiger partial charge in [0, 0.05) is 43.7 Å². The van der Waals surface area contributed by atoms with Crippen molar-refractivity contribution in [2.75, 3.05) is 26.2 Å². The van der Waals surface area contributed by atoms with Crippen molar-refractivity contribution >= 4 is 28.1 Å². The molecule has 0 unspecified atom stereocenters. The summed E-state index contributed by atoms with van der Waals surface area (Å²) in [7, 11) is -3.92. The highest BCUT2D eigenvalue weighted by molar-refractivity contribution is 7.89. The van der Waals surface area contributed by atoms with Crippen LogP contribution in [-0.2, 0) is 14.8 Å². The van der Waals surface area contributed by atoms with E-state index in [1.54, 1.807) is 0 Å². The first-order valence-corrected chi connectivity index (χ1v) is 12.1. The van der Waals surface area contributed by atoms with Crippen LogP contribution in [0.3, 0.4) is 0 Å². The number of piperidine rings is 1. The van der Waals surface area contributed by atoms with Crippen molar-refractivity contribution in [1.29, 1.82) is 0 Å². The Kier molecular flexibility index (Phi) is 6.43. The molecule has 0 bridgehead atoms. The van der Waals surface area contributed by atoms with E-state index in [0.717, 1.165) is 38.1 Å². The van der Waals surface area contributed by atoms with Crippen molar-refractivity contribution in [3.8, 4) is 0 Å². The monoisotopic (exact) mass is 465 g/mol. The molecule has 1 aromatic heterocycles. The molecule has 1 aromatic carbocycles. The number of aryl methyl sites for hydroxylation is 1.